The molecule has 156 valence electrons. The highest BCUT2D eigenvalue weighted by Gasteiger charge is 2.23. The van der Waals surface area contributed by atoms with E-state index in [1.54, 1.807) is 6.26 Å². The van der Waals surface area contributed by atoms with Gasteiger partial charge in [-0.25, -0.2) is 0 Å². The van der Waals surface area contributed by atoms with Crippen LogP contribution in [-0.4, -0.2) is 50.9 Å². The Bertz CT molecular complexity index is 742. The lowest BCUT2D eigenvalue weighted by molar-refractivity contribution is 0.0224. The summed E-state index contributed by atoms with van der Waals surface area (Å²) < 4.78 is 11.3. The van der Waals surface area contributed by atoms with Crippen LogP contribution in [0.5, 0.6) is 0 Å². The van der Waals surface area contributed by atoms with E-state index in [2.05, 4.69) is 45.9 Å². The van der Waals surface area contributed by atoms with E-state index < -0.39 is 0 Å². The first kappa shape index (κ1) is 19.8. The van der Waals surface area contributed by atoms with Crippen molar-refractivity contribution in [2.45, 2.75) is 44.2 Å². The summed E-state index contributed by atoms with van der Waals surface area (Å²) in [6.07, 6.45) is 7.43. The summed E-state index contributed by atoms with van der Waals surface area (Å²) >= 11 is 0. The Morgan fingerprint density at radius 1 is 1.10 bits per heavy atom. The average Bonchev–Trinajstić information content (AvgIpc) is 3.46. The molecule has 0 radical (unpaired) electrons. The maximum Gasteiger partial charge on any atom is 0.191 e. The van der Waals surface area contributed by atoms with E-state index in [4.69, 9.17) is 14.1 Å². The van der Waals surface area contributed by atoms with Crippen LogP contribution in [0.2, 0.25) is 0 Å². The summed E-state index contributed by atoms with van der Waals surface area (Å²) in [5, 5.41) is 7.13. The standard InChI is InChI=1S/C23H32N4O2/c1-2-7-20(8-3-1)27-14-12-19(18-27)26-23(24-13-11-21-10-6-16-28-21)25-17-22-9-4-5-15-29-22/h1-3,6-8,10,16,19,22H,4-5,9,11-15,17-18H2,(H2,24,25,26). The van der Waals surface area contributed by atoms with Gasteiger partial charge in [0.15, 0.2) is 5.96 Å². The molecule has 2 aliphatic heterocycles. The molecule has 3 heterocycles. The van der Waals surface area contributed by atoms with Gasteiger partial charge in [0.1, 0.15) is 5.76 Å². The fraction of sp³-hybridized carbons (Fsp3) is 0.522. The number of hydrogen-bond acceptors (Lipinski definition) is 4. The zero-order chi connectivity index (χ0) is 19.7. The number of hydrogen-bond donors (Lipinski definition) is 2. The fourth-order valence-electron chi connectivity index (χ4n) is 4.00. The third-order valence-corrected chi connectivity index (χ3v) is 5.62. The minimum Gasteiger partial charge on any atom is -0.469 e. The molecule has 29 heavy (non-hydrogen) atoms. The molecular weight excluding hydrogens is 364 g/mol. The van der Waals surface area contributed by atoms with E-state index in [-0.39, 0.29) is 6.10 Å². The van der Waals surface area contributed by atoms with Crippen LogP contribution in [0.3, 0.4) is 0 Å². The van der Waals surface area contributed by atoms with Gasteiger partial charge in [-0.2, -0.15) is 0 Å². The van der Waals surface area contributed by atoms with E-state index in [1.165, 1.54) is 18.5 Å². The van der Waals surface area contributed by atoms with Crippen LogP contribution < -0.4 is 15.5 Å². The molecule has 4 rings (SSSR count). The number of anilines is 1. The molecule has 2 N–H and O–H groups in total. The molecule has 6 nitrogen and oxygen atoms in total. The van der Waals surface area contributed by atoms with Crippen molar-refractivity contribution in [3.8, 4) is 0 Å². The first-order valence-corrected chi connectivity index (χ1v) is 10.9. The van der Waals surface area contributed by atoms with Crippen molar-refractivity contribution in [1.82, 2.24) is 10.6 Å². The van der Waals surface area contributed by atoms with Crippen LogP contribution in [0.15, 0.2) is 58.1 Å². The summed E-state index contributed by atoms with van der Waals surface area (Å²) in [7, 11) is 0. The van der Waals surface area contributed by atoms with Crippen molar-refractivity contribution in [2.24, 2.45) is 4.99 Å². The van der Waals surface area contributed by atoms with Crippen LogP contribution in [0, 0.1) is 0 Å². The number of para-hydroxylation sites is 1. The van der Waals surface area contributed by atoms with Crippen LogP contribution in [0.4, 0.5) is 5.69 Å². The third-order valence-electron chi connectivity index (χ3n) is 5.62. The summed E-state index contributed by atoms with van der Waals surface area (Å²) in [4.78, 5) is 7.28. The highest BCUT2D eigenvalue weighted by Crippen LogP contribution is 2.19. The van der Waals surface area contributed by atoms with Gasteiger partial charge in [0.25, 0.3) is 0 Å². The second-order valence-electron chi connectivity index (χ2n) is 7.85. The third kappa shape index (κ3) is 6.00. The monoisotopic (exact) mass is 396 g/mol. The highest BCUT2D eigenvalue weighted by molar-refractivity contribution is 5.80. The lowest BCUT2D eigenvalue weighted by Crippen LogP contribution is -2.45. The van der Waals surface area contributed by atoms with E-state index in [1.807, 2.05) is 12.1 Å². The van der Waals surface area contributed by atoms with Crippen molar-refractivity contribution in [2.75, 3.05) is 37.7 Å². The minimum absolute atomic E-state index is 0.247. The summed E-state index contributed by atoms with van der Waals surface area (Å²) in [6, 6.07) is 15.0. The van der Waals surface area contributed by atoms with Crippen LogP contribution in [0.1, 0.15) is 31.4 Å². The molecular formula is C23H32N4O2. The number of aliphatic imine (C=N–C) groups is 1. The second-order valence-corrected chi connectivity index (χ2v) is 7.85. The molecule has 2 fully saturated rings. The quantitative estimate of drug-likeness (QED) is 0.556. The lowest BCUT2D eigenvalue weighted by atomic mass is 10.1. The Morgan fingerprint density at radius 3 is 2.83 bits per heavy atom. The van der Waals surface area contributed by atoms with Gasteiger partial charge in [0, 0.05) is 44.4 Å². The molecule has 0 amide bonds. The molecule has 2 atom stereocenters. The number of furan rings is 1. The maximum atomic E-state index is 5.85. The molecule has 2 aliphatic rings. The Kier molecular flexibility index (Phi) is 7.08. The first-order valence-electron chi connectivity index (χ1n) is 10.9. The normalized spacial score (nSPS) is 22.6. The summed E-state index contributed by atoms with van der Waals surface area (Å²) in [6.45, 7) is 4.42. The average molecular weight is 397 g/mol. The largest absolute Gasteiger partial charge is 0.469 e. The van der Waals surface area contributed by atoms with E-state index >= 15 is 0 Å². The molecule has 0 aliphatic carbocycles. The van der Waals surface area contributed by atoms with Crippen molar-refractivity contribution in [3.05, 3.63) is 54.5 Å². The molecule has 6 heteroatoms. The number of benzene rings is 1. The molecule has 1 aromatic carbocycles. The Hall–Kier alpha value is -2.47. The number of nitrogens with one attached hydrogen (secondary N) is 2. The van der Waals surface area contributed by atoms with Gasteiger partial charge in [-0.1, -0.05) is 18.2 Å². The molecule has 2 aromatic rings. The van der Waals surface area contributed by atoms with Crippen LogP contribution in [0.25, 0.3) is 0 Å². The Labute approximate surface area is 173 Å². The molecule has 2 saturated heterocycles. The summed E-state index contributed by atoms with van der Waals surface area (Å²) in [5.41, 5.74) is 1.29. The van der Waals surface area contributed by atoms with E-state index in [9.17, 15) is 0 Å². The van der Waals surface area contributed by atoms with Crippen molar-refractivity contribution < 1.29 is 9.15 Å². The number of ether oxygens (including phenoxy) is 1. The zero-order valence-corrected chi connectivity index (χ0v) is 17.1. The number of guanidine groups is 1. The predicted molar refractivity (Wildman–Crippen MR) is 117 cm³/mol. The van der Waals surface area contributed by atoms with Gasteiger partial charge in [-0.15, -0.1) is 0 Å². The number of nitrogens with zero attached hydrogens (tertiary/aromatic N) is 2. The molecule has 2 unspecified atom stereocenters. The smallest absolute Gasteiger partial charge is 0.191 e. The van der Waals surface area contributed by atoms with Gasteiger partial charge in [0.2, 0.25) is 0 Å². The van der Waals surface area contributed by atoms with Gasteiger partial charge in [0.05, 0.1) is 18.9 Å². The second kappa shape index (κ2) is 10.3. The minimum atomic E-state index is 0.247. The van der Waals surface area contributed by atoms with Gasteiger partial charge >= 0.3 is 0 Å². The summed E-state index contributed by atoms with van der Waals surface area (Å²) in [5.74, 6) is 1.87. The van der Waals surface area contributed by atoms with Crippen LogP contribution in [-0.2, 0) is 11.2 Å². The van der Waals surface area contributed by atoms with Crippen molar-refractivity contribution in [3.63, 3.8) is 0 Å². The van der Waals surface area contributed by atoms with Crippen molar-refractivity contribution in [1.29, 1.82) is 0 Å². The first-order chi connectivity index (χ1) is 14.4. The Morgan fingerprint density at radius 2 is 2.03 bits per heavy atom. The Balaban J connectivity index is 1.32. The van der Waals surface area contributed by atoms with E-state index in [0.29, 0.717) is 12.6 Å². The SMILES string of the molecule is c1ccc(N2CCC(NC(=NCC3CCCCO3)NCCc3ccco3)C2)cc1. The number of rotatable bonds is 7. The van der Waals surface area contributed by atoms with Gasteiger partial charge < -0.3 is 24.7 Å². The zero-order valence-electron chi connectivity index (χ0n) is 17.1. The van der Waals surface area contributed by atoms with Crippen molar-refractivity contribution >= 4 is 11.6 Å². The highest BCUT2D eigenvalue weighted by atomic mass is 16.5. The fourth-order valence-corrected chi connectivity index (χ4v) is 4.00. The van der Waals surface area contributed by atoms with Gasteiger partial charge in [-0.3, -0.25) is 4.99 Å². The maximum absolute atomic E-state index is 5.85. The van der Waals surface area contributed by atoms with E-state index in [0.717, 1.165) is 57.2 Å². The molecule has 0 spiro atoms. The molecule has 0 saturated carbocycles. The molecule has 1 aromatic heterocycles. The molecule has 0 bridgehead atoms. The lowest BCUT2D eigenvalue weighted by Gasteiger charge is -2.23. The van der Waals surface area contributed by atoms with Gasteiger partial charge in [-0.05, 0) is 49.9 Å². The topological polar surface area (TPSA) is 62.0 Å². The predicted octanol–water partition coefficient (Wildman–Crippen LogP) is 3.21. The van der Waals surface area contributed by atoms with Crippen LogP contribution >= 0.6 is 0 Å².